The quantitative estimate of drug-likeness (QED) is 0.721. The molecule has 1 atom stereocenters. The first-order valence-corrected chi connectivity index (χ1v) is 8.46. The highest BCUT2D eigenvalue weighted by molar-refractivity contribution is 6.24. The van der Waals surface area contributed by atoms with Gasteiger partial charge in [0.15, 0.2) is 0 Å². The van der Waals surface area contributed by atoms with Crippen molar-refractivity contribution in [2.75, 3.05) is 31.6 Å². The van der Waals surface area contributed by atoms with Gasteiger partial charge in [0.1, 0.15) is 6.04 Å². The van der Waals surface area contributed by atoms with Crippen molar-refractivity contribution < 1.29 is 19.1 Å². The van der Waals surface area contributed by atoms with Crippen LogP contribution >= 0.6 is 0 Å². The van der Waals surface area contributed by atoms with Crippen LogP contribution in [0, 0.1) is 11.3 Å². The highest BCUT2D eigenvalue weighted by Crippen LogP contribution is 2.34. The summed E-state index contributed by atoms with van der Waals surface area (Å²) in [6.07, 6.45) is -0.517. The van der Waals surface area contributed by atoms with Gasteiger partial charge in [0.2, 0.25) is 0 Å². The van der Waals surface area contributed by atoms with Crippen molar-refractivity contribution in [3.63, 3.8) is 0 Å². The number of hydrogen-bond acceptors (Lipinski definition) is 5. The summed E-state index contributed by atoms with van der Waals surface area (Å²) in [5.74, 6) is -0.386. The first-order chi connectivity index (χ1) is 13.1. The van der Waals surface area contributed by atoms with Crippen LogP contribution in [0.4, 0.5) is 15.3 Å². The lowest BCUT2D eigenvalue weighted by molar-refractivity contribution is -0.120. The van der Waals surface area contributed by atoms with E-state index in [1.54, 1.807) is 36.4 Å². The Kier molecular flexibility index (Phi) is 3.92. The van der Waals surface area contributed by atoms with E-state index in [4.69, 9.17) is 4.74 Å². The number of amides is 4. The molecule has 0 aromatic heterocycles. The van der Waals surface area contributed by atoms with Crippen molar-refractivity contribution >= 4 is 34.5 Å². The summed E-state index contributed by atoms with van der Waals surface area (Å²) in [6, 6.07) is 11.4. The molecule has 0 radical (unpaired) electrons. The van der Waals surface area contributed by atoms with Crippen LogP contribution in [-0.2, 0) is 9.53 Å². The summed E-state index contributed by atoms with van der Waals surface area (Å²) in [6.45, 7) is 0.668. The Morgan fingerprint density at radius 1 is 1.15 bits per heavy atom. The normalized spacial score (nSPS) is 19.3. The third-order valence-corrected chi connectivity index (χ3v) is 5.02. The van der Waals surface area contributed by atoms with Gasteiger partial charge in [-0.1, -0.05) is 24.3 Å². The number of methoxy groups -OCH3 is 1. The van der Waals surface area contributed by atoms with E-state index in [9.17, 15) is 19.6 Å². The van der Waals surface area contributed by atoms with E-state index in [1.165, 1.54) is 16.9 Å². The second-order valence-electron chi connectivity index (χ2n) is 6.37. The van der Waals surface area contributed by atoms with Crippen molar-refractivity contribution in [1.82, 2.24) is 9.80 Å². The molecule has 4 rings (SSSR count). The fraction of sp³-hybridized carbons (Fsp3) is 0.263. The van der Waals surface area contributed by atoms with E-state index >= 15 is 0 Å². The molecule has 0 N–H and O–H groups in total. The predicted molar refractivity (Wildman–Crippen MR) is 96.0 cm³/mol. The number of nitrogens with zero attached hydrogens (tertiary/aromatic N) is 4. The van der Waals surface area contributed by atoms with E-state index in [1.807, 2.05) is 0 Å². The second kappa shape index (κ2) is 6.29. The van der Waals surface area contributed by atoms with E-state index in [-0.39, 0.29) is 19.0 Å². The van der Waals surface area contributed by atoms with Gasteiger partial charge in [-0.25, -0.2) is 14.5 Å². The number of ether oxygens (including phenoxy) is 1. The number of imide groups is 1. The SMILES string of the molecule is COC(=O)N1CCN2C(=O)N(c3ccc(C#N)c4ccccc34)C(=O)[C@@H]2C1. The van der Waals surface area contributed by atoms with Crippen LogP contribution in [0.5, 0.6) is 0 Å². The van der Waals surface area contributed by atoms with Crippen molar-refractivity contribution in [2.24, 2.45) is 0 Å². The molecule has 8 nitrogen and oxygen atoms in total. The van der Waals surface area contributed by atoms with Crippen LogP contribution in [-0.4, -0.2) is 60.6 Å². The molecule has 2 aliphatic rings. The average molecular weight is 364 g/mol. The lowest BCUT2D eigenvalue weighted by Gasteiger charge is -2.34. The number of carbonyl (C=O) groups excluding carboxylic acids is 3. The average Bonchev–Trinajstić information content (AvgIpc) is 2.96. The van der Waals surface area contributed by atoms with Gasteiger partial charge in [0, 0.05) is 23.9 Å². The van der Waals surface area contributed by atoms with Gasteiger partial charge >= 0.3 is 12.1 Å². The number of fused-ring (bicyclic) bond motifs is 2. The molecule has 2 aromatic carbocycles. The molecule has 0 bridgehead atoms. The summed E-state index contributed by atoms with van der Waals surface area (Å²) >= 11 is 0. The maximum Gasteiger partial charge on any atom is 0.409 e. The standard InChI is InChI=1S/C19H16N4O4/c1-27-19(26)21-8-9-22-16(11-21)17(24)23(18(22)25)15-7-6-12(10-20)13-4-2-3-5-14(13)15/h2-7,16H,8-9,11H2,1H3/t16-/m0/s1. The predicted octanol–water partition coefficient (Wildman–Crippen LogP) is 1.93. The van der Waals surface area contributed by atoms with Crippen LogP contribution < -0.4 is 4.90 Å². The van der Waals surface area contributed by atoms with Gasteiger partial charge < -0.3 is 14.5 Å². The molecule has 2 aliphatic heterocycles. The number of nitriles is 1. The van der Waals surface area contributed by atoms with E-state index in [2.05, 4.69) is 6.07 Å². The Hall–Kier alpha value is -3.60. The fourth-order valence-corrected chi connectivity index (χ4v) is 3.69. The second-order valence-corrected chi connectivity index (χ2v) is 6.37. The molecule has 0 unspecified atom stereocenters. The van der Waals surface area contributed by atoms with Crippen molar-refractivity contribution in [1.29, 1.82) is 5.26 Å². The van der Waals surface area contributed by atoms with E-state index in [0.29, 0.717) is 28.6 Å². The third-order valence-electron chi connectivity index (χ3n) is 5.02. The number of hydrogen-bond donors (Lipinski definition) is 0. The zero-order valence-electron chi connectivity index (χ0n) is 14.6. The van der Waals surface area contributed by atoms with Crippen LogP contribution in [0.3, 0.4) is 0 Å². The third kappa shape index (κ3) is 2.47. The van der Waals surface area contributed by atoms with Crippen molar-refractivity contribution in [3.8, 4) is 6.07 Å². The Bertz CT molecular complexity index is 1010. The zero-order chi connectivity index (χ0) is 19.1. The summed E-state index contributed by atoms with van der Waals surface area (Å²) in [4.78, 5) is 41.8. The number of benzene rings is 2. The van der Waals surface area contributed by atoms with Gasteiger partial charge in [0.05, 0.1) is 31.0 Å². The van der Waals surface area contributed by atoms with E-state index in [0.717, 1.165) is 4.90 Å². The topological polar surface area (TPSA) is 93.9 Å². The van der Waals surface area contributed by atoms with Crippen LogP contribution in [0.2, 0.25) is 0 Å². The summed E-state index contributed by atoms with van der Waals surface area (Å²) in [5.41, 5.74) is 0.918. The van der Waals surface area contributed by atoms with Crippen molar-refractivity contribution in [3.05, 3.63) is 42.0 Å². The maximum absolute atomic E-state index is 13.0. The first-order valence-electron chi connectivity index (χ1n) is 8.46. The highest BCUT2D eigenvalue weighted by Gasteiger charge is 2.49. The zero-order valence-corrected chi connectivity index (χ0v) is 14.6. The monoisotopic (exact) mass is 364 g/mol. The Morgan fingerprint density at radius 2 is 1.89 bits per heavy atom. The molecule has 8 heteroatoms. The van der Waals surface area contributed by atoms with Crippen LogP contribution in [0.15, 0.2) is 36.4 Å². The summed E-state index contributed by atoms with van der Waals surface area (Å²) < 4.78 is 4.72. The Morgan fingerprint density at radius 3 is 2.59 bits per heavy atom. The largest absolute Gasteiger partial charge is 0.453 e. The molecule has 0 spiro atoms. The molecular formula is C19H16N4O4. The first kappa shape index (κ1) is 16.8. The summed E-state index contributed by atoms with van der Waals surface area (Å²) in [5, 5.41) is 10.6. The minimum absolute atomic E-state index is 0.0992. The number of anilines is 1. The molecule has 0 aliphatic carbocycles. The minimum Gasteiger partial charge on any atom is -0.453 e. The molecule has 4 amide bonds. The molecule has 2 aromatic rings. The number of carbonyl (C=O) groups is 3. The van der Waals surface area contributed by atoms with Crippen molar-refractivity contribution in [2.45, 2.75) is 6.04 Å². The molecule has 27 heavy (non-hydrogen) atoms. The maximum atomic E-state index is 13.0. The summed E-state index contributed by atoms with van der Waals surface area (Å²) in [7, 11) is 1.28. The number of rotatable bonds is 1. The Balaban J connectivity index is 1.75. The lowest BCUT2D eigenvalue weighted by Crippen LogP contribution is -2.54. The highest BCUT2D eigenvalue weighted by atomic mass is 16.5. The molecule has 0 saturated carbocycles. The van der Waals surface area contributed by atoms with Crippen LogP contribution in [0.25, 0.3) is 10.8 Å². The number of piperazine rings is 1. The van der Waals surface area contributed by atoms with Gasteiger partial charge in [-0.2, -0.15) is 5.26 Å². The minimum atomic E-state index is -0.736. The molecular weight excluding hydrogens is 348 g/mol. The fourth-order valence-electron chi connectivity index (χ4n) is 3.69. The van der Waals surface area contributed by atoms with Gasteiger partial charge in [-0.3, -0.25) is 4.79 Å². The Labute approximate surface area is 155 Å². The van der Waals surface area contributed by atoms with Crippen LogP contribution in [0.1, 0.15) is 5.56 Å². The molecule has 136 valence electrons. The van der Waals surface area contributed by atoms with Gasteiger partial charge in [-0.05, 0) is 12.1 Å². The van der Waals surface area contributed by atoms with E-state index < -0.39 is 18.2 Å². The number of urea groups is 1. The molecule has 2 saturated heterocycles. The van der Waals surface area contributed by atoms with Gasteiger partial charge in [0.25, 0.3) is 5.91 Å². The lowest BCUT2D eigenvalue weighted by atomic mass is 10.0. The van der Waals surface area contributed by atoms with Gasteiger partial charge in [-0.15, -0.1) is 0 Å². The smallest absolute Gasteiger partial charge is 0.409 e. The molecule has 2 heterocycles. The molecule has 2 fully saturated rings.